The number of fused-ring (bicyclic) bond motifs is 1. The number of amides is 2. The summed E-state index contributed by atoms with van der Waals surface area (Å²) in [5, 5.41) is 9.83. The zero-order valence-corrected chi connectivity index (χ0v) is 18.1. The summed E-state index contributed by atoms with van der Waals surface area (Å²) in [6, 6.07) is 9.75. The number of oxazole rings is 1. The second-order valence-electron chi connectivity index (χ2n) is 7.90. The van der Waals surface area contributed by atoms with E-state index in [1.54, 1.807) is 9.80 Å². The first-order valence-corrected chi connectivity index (χ1v) is 11.4. The number of aromatic nitrogens is 3. The summed E-state index contributed by atoms with van der Waals surface area (Å²) >= 11 is 1.43. The Morgan fingerprint density at radius 1 is 1.26 bits per heavy atom. The summed E-state index contributed by atoms with van der Waals surface area (Å²) < 4.78 is 5.93. The normalized spacial score (nSPS) is 18.5. The van der Waals surface area contributed by atoms with Crippen molar-refractivity contribution in [2.24, 2.45) is 5.92 Å². The summed E-state index contributed by atoms with van der Waals surface area (Å²) in [5.41, 5.74) is 1.72. The van der Waals surface area contributed by atoms with Crippen LogP contribution in [-0.2, 0) is 29.0 Å². The minimum absolute atomic E-state index is 0.0101. The molecule has 9 heteroatoms. The average molecular weight is 438 g/mol. The Morgan fingerprint density at radius 2 is 2.10 bits per heavy atom. The van der Waals surface area contributed by atoms with Crippen molar-refractivity contribution in [3.63, 3.8) is 0 Å². The molecule has 0 bridgehead atoms. The highest BCUT2D eigenvalue weighted by atomic mass is 32.1. The van der Waals surface area contributed by atoms with E-state index >= 15 is 0 Å². The van der Waals surface area contributed by atoms with Crippen molar-refractivity contribution in [1.82, 2.24) is 20.1 Å². The molecule has 1 saturated heterocycles. The molecular weight excluding hydrogens is 414 g/mol. The van der Waals surface area contributed by atoms with Gasteiger partial charge in [0, 0.05) is 37.9 Å². The number of aryl methyl sites for hydroxylation is 1. The van der Waals surface area contributed by atoms with E-state index < -0.39 is 0 Å². The van der Waals surface area contributed by atoms with Crippen LogP contribution in [0.25, 0.3) is 11.5 Å². The highest BCUT2D eigenvalue weighted by Gasteiger charge is 2.39. The molecule has 0 aliphatic carbocycles. The Balaban J connectivity index is 1.27. The van der Waals surface area contributed by atoms with E-state index in [0.29, 0.717) is 37.1 Å². The average Bonchev–Trinajstić information content (AvgIpc) is 3.51. The van der Waals surface area contributed by atoms with Gasteiger partial charge in [0.25, 0.3) is 0 Å². The lowest BCUT2D eigenvalue weighted by Crippen LogP contribution is -2.40. The maximum atomic E-state index is 13.2. The second-order valence-corrected chi connectivity index (χ2v) is 8.94. The fraction of sp³-hybridized carbons (Fsp3) is 0.409. The minimum atomic E-state index is -0.368. The largest absolute Gasteiger partial charge is 0.441 e. The first-order chi connectivity index (χ1) is 15.1. The Kier molecular flexibility index (Phi) is 5.27. The molecule has 31 heavy (non-hydrogen) atoms. The molecule has 3 aromatic rings. The van der Waals surface area contributed by atoms with Crippen molar-refractivity contribution in [2.75, 3.05) is 18.0 Å². The molecule has 5 rings (SSSR count). The van der Waals surface area contributed by atoms with Crippen LogP contribution in [0, 0.1) is 5.92 Å². The monoisotopic (exact) mass is 437 g/mol. The van der Waals surface area contributed by atoms with Gasteiger partial charge in [-0.25, -0.2) is 4.98 Å². The van der Waals surface area contributed by atoms with Gasteiger partial charge in [-0.15, -0.1) is 10.2 Å². The Hall–Kier alpha value is -3.07. The van der Waals surface area contributed by atoms with Gasteiger partial charge >= 0.3 is 0 Å². The van der Waals surface area contributed by atoms with Crippen molar-refractivity contribution >= 4 is 28.3 Å². The van der Waals surface area contributed by atoms with E-state index in [9.17, 15) is 9.59 Å². The van der Waals surface area contributed by atoms with Crippen molar-refractivity contribution in [3.8, 4) is 11.5 Å². The van der Waals surface area contributed by atoms with Crippen molar-refractivity contribution in [2.45, 2.75) is 39.2 Å². The second kappa shape index (κ2) is 8.22. The van der Waals surface area contributed by atoms with E-state index in [0.717, 1.165) is 34.9 Å². The van der Waals surface area contributed by atoms with Gasteiger partial charge < -0.3 is 9.32 Å². The van der Waals surface area contributed by atoms with Gasteiger partial charge in [0.05, 0.1) is 12.5 Å². The summed E-state index contributed by atoms with van der Waals surface area (Å²) in [6.45, 7) is 3.42. The lowest BCUT2D eigenvalue weighted by Gasteiger charge is -2.27. The van der Waals surface area contributed by atoms with Gasteiger partial charge in [0.15, 0.2) is 0 Å². The highest BCUT2D eigenvalue weighted by molar-refractivity contribution is 7.15. The van der Waals surface area contributed by atoms with Gasteiger partial charge in [-0.2, -0.15) is 0 Å². The zero-order valence-electron chi connectivity index (χ0n) is 17.3. The lowest BCUT2D eigenvalue weighted by molar-refractivity contribution is -0.136. The van der Waals surface area contributed by atoms with Gasteiger partial charge in [-0.3, -0.25) is 14.5 Å². The van der Waals surface area contributed by atoms with Crippen LogP contribution in [0.1, 0.15) is 36.2 Å². The Bertz CT molecular complexity index is 1110. The van der Waals surface area contributed by atoms with Gasteiger partial charge in [-0.1, -0.05) is 36.5 Å². The molecule has 2 aliphatic heterocycles. The van der Waals surface area contributed by atoms with Gasteiger partial charge in [0.1, 0.15) is 16.5 Å². The first-order valence-electron chi connectivity index (χ1n) is 10.6. The van der Waals surface area contributed by atoms with Crippen LogP contribution >= 0.6 is 11.3 Å². The van der Waals surface area contributed by atoms with Crippen LogP contribution < -0.4 is 4.90 Å². The number of anilines is 1. The van der Waals surface area contributed by atoms with Crippen LogP contribution in [-0.4, -0.2) is 45.0 Å². The number of rotatable bonds is 5. The third-order valence-electron chi connectivity index (χ3n) is 5.69. The molecule has 2 aliphatic rings. The molecule has 1 atom stereocenters. The molecule has 2 amide bonds. The summed E-state index contributed by atoms with van der Waals surface area (Å²) in [5.74, 6) is 0.978. The molecule has 4 heterocycles. The smallest absolute Gasteiger partial charge is 0.229 e. The predicted molar refractivity (Wildman–Crippen MR) is 115 cm³/mol. The van der Waals surface area contributed by atoms with Gasteiger partial charge in [-0.05, 0) is 18.6 Å². The zero-order chi connectivity index (χ0) is 21.4. The molecule has 160 valence electrons. The number of carbonyl (C=O) groups excluding carboxylic acids is 2. The molecular formula is C22H23N5O3S. The Morgan fingerprint density at radius 3 is 2.90 bits per heavy atom. The lowest BCUT2D eigenvalue weighted by atomic mass is 10.0. The number of hydrogen-bond acceptors (Lipinski definition) is 7. The molecule has 0 radical (unpaired) electrons. The van der Waals surface area contributed by atoms with E-state index in [1.165, 1.54) is 11.3 Å². The van der Waals surface area contributed by atoms with Crippen molar-refractivity contribution in [3.05, 3.63) is 46.8 Å². The maximum Gasteiger partial charge on any atom is 0.229 e. The third kappa shape index (κ3) is 3.85. The van der Waals surface area contributed by atoms with E-state index in [-0.39, 0.29) is 24.2 Å². The predicted octanol–water partition coefficient (Wildman–Crippen LogP) is 3.08. The highest BCUT2D eigenvalue weighted by Crippen LogP contribution is 2.31. The minimum Gasteiger partial charge on any atom is -0.441 e. The van der Waals surface area contributed by atoms with E-state index in [1.807, 2.05) is 30.3 Å². The summed E-state index contributed by atoms with van der Waals surface area (Å²) in [6.07, 6.45) is 2.66. The van der Waals surface area contributed by atoms with Crippen LogP contribution in [0.2, 0.25) is 0 Å². The summed E-state index contributed by atoms with van der Waals surface area (Å²) in [4.78, 5) is 33.8. The standard InChI is InChI=1S/C22H23N5O3S/c1-2-6-18-24-25-22(31-18)27-12-15(11-19(27)28)21(29)26-10-9-17-16(13-26)23-20(30-17)14-7-4-3-5-8-14/h3-5,7-8,15H,2,6,9-13H2,1H3. The topological polar surface area (TPSA) is 92.4 Å². The molecule has 1 unspecified atom stereocenters. The molecule has 0 spiro atoms. The van der Waals surface area contributed by atoms with E-state index in [2.05, 4.69) is 22.1 Å². The fourth-order valence-electron chi connectivity index (χ4n) is 4.08. The number of benzene rings is 1. The molecule has 8 nitrogen and oxygen atoms in total. The third-order valence-corrected chi connectivity index (χ3v) is 6.69. The van der Waals surface area contributed by atoms with E-state index in [4.69, 9.17) is 4.42 Å². The molecule has 1 aromatic carbocycles. The number of hydrogen-bond donors (Lipinski definition) is 0. The maximum absolute atomic E-state index is 13.2. The number of nitrogens with zero attached hydrogens (tertiary/aromatic N) is 5. The Labute approximate surface area is 183 Å². The SMILES string of the molecule is CCCc1nnc(N2CC(C(=O)N3CCc4oc(-c5ccccc5)nc4C3)CC2=O)s1. The fourth-order valence-corrected chi connectivity index (χ4v) is 5.04. The first kappa shape index (κ1) is 19.9. The van der Waals surface area contributed by atoms with Crippen LogP contribution in [0.15, 0.2) is 34.7 Å². The summed E-state index contributed by atoms with van der Waals surface area (Å²) in [7, 11) is 0. The quantitative estimate of drug-likeness (QED) is 0.609. The number of carbonyl (C=O) groups is 2. The molecule has 1 fully saturated rings. The van der Waals surface area contributed by atoms with Gasteiger partial charge in [0.2, 0.25) is 22.8 Å². The van der Waals surface area contributed by atoms with Crippen LogP contribution in [0.4, 0.5) is 5.13 Å². The molecule has 0 saturated carbocycles. The van der Waals surface area contributed by atoms with Crippen LogP contribution in [0.3, 0.4) is 0 Å². The molecule has 0 N–H and O–H groups in total. The van der Waals surface area contributed by atoms with Crippen molar-refractivity contribution < 1.29 is 14.0 Å². The molecule has 2 aromatic heterocycles. The van der Waals surface area contributed by atoms with Crippen LogP contribution in [0.5, 0.6) is 0 Å². The van der Waals surface area contributed by atoms with Crippen molar-refractivity contribution in [1.29, 1.82) is 0 Å².